The van der Waals surface area contributed by atoms with Gasteiger partial charge in [0.2, 0.25) is 0 Å². The number of carboxylic acid groups (broad SMARTS) is 1. The molecule has 0 radical (unpaired) electrons. The SMILES string of the molecule is CC(C)NC(=NCCC[C@H](NC(=O)c1cccn(C(c2ccccc2)c2ccccc2)c1=O)C(=O)O)NC(C)C. The Kier molecular flexibility index (Phi) is 11.1. The Bertz CT molecular complexity index is 1290. The first-order valence-electron chi connectivity index (χ1n) is 13.6. The van der Waals surface area contributed by atoms with Crippen molar-refractivity contribution in [3.63, 3.8) is 0 Å². The summed E-state index contributed by atoms with van der Waals surface area (Å²) < 4.78 is 1.51. The summed E-state index contributed by atoms with van der Waals surface area (Å²) >= 11 is 0. The van der Waals surface area contributed by atoms with Crippen LogP contribution in [0.3, 0.4) is 0 Å². The van der Waals surface area contributed by atoms with Gasteiger partial charge in [-0.2, -0.15) is 0 Å². The summed E-state index contributed by atoms with van der Waals surface area (Å²) in [5.74, 6) is -1.24. The van der Waals surface area contributed by atoms with Crippen molar-refractivity contribution >= 4 is 17.8 Å². The molecule has 0 aliphatic carbocycles. The molecule has 0 aliphatic rings. The highest BCUT2D eigenvalue weighted by atomic mass is 16.4. The average molecular weight is 546 g/mol. The first-order valence-corrected chi connectivity index (χ1v) is 13.6. The van der Waals surface area contributed by atoms with Crippen molar-refractivity contribution in [1.29, 1.82) is 0 Å². The van der Waals surface area contributed by atoms with Gasteiger partial charge in [0, 0.05) is 24.8 Å². The minimum atomic E-state index is -1.17. The highest BCUT2D eigenvalue weighted by Gasteiger charge is 2.24. The molecule has 1 amide bonds. The molecule has 1 heterocycles. The van der Waals surface area contributed by atoms with Gasteiger partial charge in [-0.25, -0.2) is 4.79 Å². The zero-order valence-corrected chi connectivity index (χ0v) is 23.5. The van der Waals surface area contributed by atoms with E-state index in [9.17, 15) is 19.5 Å². The Hall–Kier alpha value is -4.40. The number of rotatable bonds is 12. The number of amides is 1. The number of hydrogen-bond donors (Lipinski definition) is 4. The summed E-state index contributed by atoms with van der Waals surface area (Å²) in [6, 6.07) is 20.9. The molecular weight excluding hydrogens is 506 g/mol. The van der Waals surface area contributed by atoms with Crippen LogP contribution in [0.15, 0.2) is 88.8 Å². The van der Waals surface area contributed by atoms with Gasteiger partial charge >= 0.3 is 5.97 Å². The van der Waals surface area contributed by atoms with E-state index in [2.05, 4.69) is 20.9 Å². The third kappa shape index (κ3) is 8.56. The number of carboxylic acids is 1. The van der Waals surface area contributed by atoms with E-state index >= 15 is 0 Å². The van der Waals surface area contributed by atoms with Crippen molar-refractivity contribution in [2.45, 2.75) is 64.7 Å². The first-order chi connectivity index (χ1) is 19.2. The summed E-state index contributed by atoms with van der Waals surface area (Å²) in [5, 5.41) is 18.8. The minimum Gasteiger partial charge on any atom is -0.480 e. The standard InChI is InChI=1S/C31H39N5O4/c1-21(2)33-31(34-22(3)4)32-19-11-18-26(30(39)40)35-28(37)25-17-12-20-36(29(25)38)27(23-13-7-5-8-14-23)24-15-9-6-10-16-24/h5-10,12-17,20-22,26-27H,11,18-19H2,1-4H3,(H,35,37)(H,39,40)(H2,32,33,34)/t26-/m0/s1. The zero-order chi connectivity index (χ0) is 29.1. The van der Waals surface area contributed by atoms with Crippen LogP contribution >= 0.6 is 0 Å². The molecule has 40 heavy (non-hydrogen) atoms. The molecule has 1 atom stereocenters. The molecule has 9 heteroatoms. The normalized spacial score (nSPS) is 11.8. The van der Waals surface area contributed by atoms with E-state index in [-0.39, 0.29) is 24.1 Å². The molecule has 0 saturated carbocycles. The Morgan fingerprint density at radius 1 is 0.825 bits per heavy atom. The second-order valence-corrected chi connectivity index (χ2v) is 10.2. The lowest BCUT2D eigenvalue weighted by molar-refractivity contribution is -0.139. The second kappa shape index (κ2) is 14.7. The fraction of sp³-hybridized carbons (Fsp3) is 0.355. The number of guanidine groups is 1. The minimum absolute atomic E-state index is 0.117. The van der Waals surface area contributed by atoms with Gasteiger partial charge in [-0.05, 0) is 63.8 Å². The van der Waals surface area contributed by atoms with E-state index in [1.165, 1.54) is 10.6 Å². The number of carbonyl (C=O) groups is 2. The van der Waals surface area contributed by atoms with Crippen LogP contribution in [0, 0.1) is 0 Å². The Morgan fingerprint density at radius 2 is 1.38 bits per heavy atom. The van der Waals surface area contributed by atoms with Crippen molar-refractivity contribution in [3.8, 4) is 0 Å². The molecule has 0 spiro atoms. The lowest BCUT2D eigenvalue weighted by Gasteiger charge is -2.22. The number of pyridine rings is 1. The molecule has 0 fully saturated rings. The van der Waals surface area contributed by atoms with Gasteiger partial charge in [-0.3, -0.25) is 14.6 Å². The van der Waals surface area contributed by atoms with Crippen LogP contribution in [0.5, 0.6) is 0 Å². The van der Waals surface area contributed by atoms with Crippen LogP contribution in [-0.2, 0) is 4.79 Å². The molecule has 0 bridgehead atoms. The maximum absolute atomic E-state index is 13.6. The number of aliphatic imine (C=N–C) groups is 1. The summed E-state index contributed by atoms with van der Waals surface area (Å²) in [6.07, 6.45) is 2.24. The Morgan fingerprint density at radius 3 is 1.88 bits per heavy atom. The largest absolute Gasteiger partial charge is 0.480 e. The molecule has 9 nitrogen and oxygen atoms in total. The highest BCUT2D eigenvalue weighted by molar-refractivity contribution is 5.96. The van der Waals surface area contributed by atoms with Crippen LogP contribution in [0.25, 0.3) is 0 Å². The molecule has 2 aromatic carbocycles. The predicted octanol–water partition coefficient (Wildman–Crippen LogP) is 3.80. The van der Waals surface area contributed by atoms with Crippen molar-refractivity contribution in [2.24, 2.45) is 4.99 Å². The van der Waals surface area contributed by atoms with E-state index in [0.717, 1.165) is 11.1 Å². The molecule has 0 unspecified atom stereocenters. The van der Waals surface area contributed by atoms with Crippen LogP contribution < -0.4 is 21.5 Å². The van der Waals surface area contributed by atoms with Crippen molar-refractivity contribution in [2.75, 3.05) is 6.54 Å². The highest BCUT2D eigenvalue weighted by Crippen LogP contribution is 2.25. The van der Waals surface area contributed by atoms with E-state index in [4.69, 9.17) is 0 Å². The maximum Gasteiger partial charge on any atom is 0.326 e. The summed E-state index contributed by atoms with van der Waals surface area (Å²) in [5.41, 5.74) is 1.15. The van der Waals surface area contributed by atoms with Crippen LogP contribution in [0.4, 0.5) is 0 Å². The van der Waals surface area contributed by atoms with Gasteiger partial charge in [-0.1, -0.05) is 60.7 Å². The average Bonchev–Trinajstić information content (AvgIpc) is 2.91. The van der Waals surface area contributed by atoms with Gasteiger partial charge in [0.05, 0.1) is 6.04 Å². The number of nitrogens with zero attached hydrogens (tertiary/aromatic N) is 2. The van der Waals surface area contributed by atoms with Crippen LogP contribution in [0.2, 0.25) is 0 Å². The summed E-state index contributed by atoms with van der Waals surface area (Å²) in [6.45, 7) is 8.41. The molecular formula is C31H39N5O4. The van der Waals surface area contributed by atoms with Gasteiger partial charge in [0.15, 0.2) is 5.96 Å². The third-order valence-corrected chi connectivity index (χ3v) is 6.10. The summed E-state index contributed by atoms with van der Waals surface area (Å²) in [4.78, 5) is 43.2. The van der Waals surface area contributed by atoms with Crippen LogP contribution in [-0.4, -0.2) is 52.2 Å². The van der Waals surface area contributed by atoms with E-state index in [1.807, 2.05) is 88.4 Å². The van der Waals surface area contributed by atoms with Crippen LogP contribution in [0.1, 0.15) is 68.1 Å². The fourth-order valence-electron chi connectivity index (χ4n) is 4.33. The Balaban J connectivity index is 1.78. The Labute approximate surface area is 235 Å². The molecule has 212 valence electrons. The number of aliphatic carboxylic acids is 1. The number of carbonyl (C=O) groups excluding carboxylic acids is 1. The fourth-order valence-corrected chi connectivity index (χ4v) is 4.33. The van der Waals surface area contributed by atoms with Gasteiger partial charge in [0.25, 0.3) is 11.5 Å². The summed E-state index contributed by atoms with van der Waals surface area (Å²) in [7, 11) is 0. The monoisotopic (exact) mass is 545 g/mol. The van der Waals surface area contributed by atoms with Gasteiger partial charge < -0.3 is 25.6 Å². The lowest BCUT2D eigenvalue weighted by atomic mass is 9.98. The van der Waals surface area contributed by atoms with E-state index in [0.29, 0.717) is 18.9 Å². The quantitative estimate of drug-likeness (QED) is 0.156. The maximum atomic E-state index is 13.6. The third-order valence-electron chi connectivity index (χ3n) is 6.10. The van der Waals surface area contributed by atoms with Crippen molar-refractivity contribution < 1.29 is 14.7 Å². The van der Waals surface area contributed by atoms with Crippen molar-refractivity contribution in [1.82, 2.24) is 20.5 Å². The second-order valence-electron chi connectivity index (χ2n) is 10.2. The topological polar surface area (TPSA) is 125 Å². The lowest BCUT2D eigenvalue weighted by Crippen LogP contribution is -2.44. The van der Waals surface area contributed by atoms with E-state index in [1.54, 1.807) is 12.3 Å². The first kappa shape index (κ1) is 30.1. The van der Waals surface area contributed by atoms with Crippen molar-refractivity contribution in [3.05, 3.63) is 106 Å². The molecule has 3 rings (SSSR count). The molecule has 4 N–H and O–H groups in total. The van der Waals surface area contributed by atoms with Gasteiger partial charge in [0.1, 0.15) is 11.6 Å². The number of aromatic nitrogens is 1. The molecule has 0 aliphatic heterocycles. The number of hydrogen-bond acceptors (Lipinski definition) is 4. The smallest absolute Gasteiger partial charge is 0.326 e. The number of benzene rings is 2. The molecule has 1 aromatic heterocycles. The molecule has 3 aromatic rings. The van der Waals surface area contributed by atoms with E-state index < -0.39 is 29.5 Å². The molecule has 0 saturated heterocycles. The van der Waals surface area contributed by atoms with Gasteiger partial charge in [-0.15, -0.1) is 0 Å². The number of nitrogens with one attached hydrogen (secondary N) is 3. The predicted molar refractivity (Wildman–Crippen MR) is 158 cm³/mol. The zero-order valence-electron chi connectivity index (χ0n) is 23.5.